The summed E-state index contributed by atoms with van der Waals surface area (Å²) in [6.45, 7) is 3.06. The van der Waals surface area contributed by atoms with Crippen LogP contribution in [0.4, 0.5) is 0 Å². The highest BCUT2D eigenvalue weighted by atomic mass is 16.5. The Labute approximate surface area is 130 Å². The summed E-state index contributed by atoms with van der Waals surface area (Å²) >= 11 is 0. The molecule has 1 saturated heterocycles. The Morgan fingerprint density at radius 3 is 2.32 bits per heavy atom. The van der Waals surface area contributed by atoms with Crippen molar-refractivity contribution in [3.8, 4) is 5.75 Å². The minimum absolute atomic E-state index is 0.0940. The van der Waals surface area contributed by atoms with Gasteiger partial charge in [-0.25, -0.2) is 0 Å². The van der Waals surface area contributed by atoms with Gasteiger partial charge in [-0.15, -0.1) is 0 Å². The van der Waals surface area contributed by atoms with Crippen molar-refractivity contribution < 1.29 is 19.4 Å². The van der Waals surface area contributed by atoms with Gasteiger partial charge in [0.15, 0.2) is 0 Å². The Hall–Kier alpha value is -2.04. The van der Waals surface area contributed by atoms with Crippen LogP contribution in [0.2, 0.25) is 0 Å². The molecule has 0 saturated carbocycles. The van der Waals surface area contributed by atoms with Crippen molar-refractivity contribution in [3.63, 3.8) is 0 Å². The van der Waals surface area contributed by atoms with Gasteiger partial charge >= 0.3 is 5.97 Å². The third-order valence-corrected chi connectivity index (χ3v) is 4.38. The molecule has 0 aliphatic carbocycles. The number of carbonyl (C=O) groups excluding carboxylic acids is 1. The van der Waals surface area contributed by atoms with Crippen molar-refractivity contribution in [2.75, 3.05) is 20.2 Å². The number of rotatable bonds is 5. The SMILES string of the molecule is CCC(C(=O)N1CCC(C(=O)O)CC1)c1ccc(OC)cc1. The van der Waals surface area contributed by atoms with Crippen molar-refractivity contribution in [2.45, 2.75) is 32.1 Å². The molecule has 1 aliphatic heterocycles. The number of likely N-dealkylation sites (tertiary alicyclic amines) is 1. The highest BCUT2D eigenvalue weighted by Gasteiger charge is 2.30. The van der Waals surface area contributed by atoms with Crippen LogP contribution in [-0.2, 0) is 9.59 Å². The number of piperidine rings is 1. The van der Waals surface area contributed by atoms with Gasteiger partial charge in [0.1, 0.15) is 5.75 Å². The molecule has 22 heavy (non-hydrogen) atoms. The van der Waals surface area contributed by atoms with Gasteiger partial charge in [-0.05, 0) is 37.0 Å². The first-order valence-corrected chi connectivity index (χ1v) is 7.72. The summed E-state index contributed by atoms with van der Waals surface area (Å²) in [5.74, 6) is -0.378. The molecule has 1 aliphatic rings. The quantitative estimate of drug-likeness (QED) is 0.907. The monoisotopic (exact) mass is 305 g/mol. The van der Waals surface area contributed by atoms with E-state index in [4.69, 9.17) is 9.84 Å². The number of amides is 1. The number of carboxylic acids is 1. The molecule has 1 amide bonds. The van der Waals surface area contributed by atoms with E-state index in [9.17, 15) is 9.59 Å². The zero-order chi connectivity index (χ0) is 16.1. The van der Waals surface area contributed by atoms with Gasteiger partial charge in [-0.1, -0.05) is 19.1 Å². The fraction of sp³-hybridized carbons (Fsp3) is 0.529. The van der Waals surface area contributed by atoms with Gasteiger partial charge < -0.3 is 14.7 Å². The molecular formula is C17H23NO4. The molecule has 0 bridgehead atoms. The second kappa shape index (κ2) is 7.29. The number of carbonyl (C=O) groups is 2. The van der Waals surface area contributed by atoms with Crippen LogP contribution in [0.25, 0.3) is 0 Å². The van der Waals surface area contributed by atoms with Crippen molar-refractivity contribution in [3.05, 3.63) is 29.8 Å². The normalized spacial score (nSPS) is 17.1. The minimum Gasteiger partial charge on any atom is -0.497 e. The summed E-state index contributed by atoms with van der Waals surface area (Å²) in [4.78, 5) is 25.5. The molecule has 1 atom stereocenters. The number of hydrogen-bond donors (Lipinski definition) is 1. The van der Waals surface area contributed by atoms with Gasteiger partial charge in [0, 0.05) is 13.1 Å². The molecule has 1 heterocycles. The lowest BCUT2D eigenvalue weighted by molar-refractivity contribution is -0.146. The lowest BCUT2D eigenvalue weighted by Gasteiger charge is -2.32. The maximum atomic E-state index is 12.7. The standard InChI is InChI=1S/C17H23NO4/c1-3-15(12-4-6-14(22-2)7-5-12)16(19)18-10-8-13(9-11-18)17(20)21/h4-7,13,15H,3,8-11H2,1-2H3,(H,20,21). The van der Waals surface area contributed by atoms with Gasteiger partial charge in [-0.3, -0.25) is 9.59 Å². The van der Waals surface area contributed by atoms with E-state index in [0.717, 1.165) is 17.7 Å². The Morgan fingerprint density at radius 1 is 1.27 bits per heavy atom. The number of hydrogen-bond acceptors (Lipinski definition) is 3. The highest BCUT2D eigenvalue weighted by Crippen LogP contribution is 2.27. The minimum atomic E-state index is -0.755. The predicted molar refractivity (Wildman–Crippen MR) is 83.0 cm³/mol. The van der Waals surface area contributed by atoms with Gasteiger partial charge in [0.05, 0.1) is 18.9 Å². The van der Waals surface area contributed by atoms with Gasteiger partial charge in [0.25, 0.3) is 0 Å². The molecule has 5 nitrogen and oxygen atoms in total. The topological polar surface area (TPSA) is 66.8 Å². The van der Waals surface area contributed by atoms with E-state index in [1.165, 1.54) is 0 Å². The second-order valence-electron chi connectivity index (χ2n) is 5.67. The summed E-state index contributed by atoms with van der Waals surface area (Å²) in [6.07, 6.45) is 1.81. The third-order valence-electron chi connectivity index (χ3n) is 4.38. The summed E-state index contributed by atoms with van der Waals surface area (Å²) in [7, 11) is 1.62. The van der Waals surface area contributed by atoms with Crippen LogP contribution < -0.4 is 4.74 Å². The molecule has 1 aromatic rings. The van der Waals surface area contributed by atoms with E-state index in [1.807, 2.05) is 31.2 Å². The number of aliphatic carboxylic acids is 1. The fourth-order valence-corrected chi connectivity index (χ4v) is 2.96. The molecule has 0 radical (unpaired) electrons. The maximum Gasteiger partial charge on any atom is 0.306 e. The lowest BCUT2D eigenvalue weighted by atomic mass is 9.92. The zero-order valence-electron chi connectivity index (χ0n) is 13.1. The molecule has 0 aromatic heterocycles. The molecule has 1 fully saturated rings. The molecule has 1 N–H and O–H groups in total. The number of benzene rings is 1. The van der Waals surface area contributed by atoms with Crippen LogP contribution in [0.5, 0.6) is 5.75 Å². The highest BCUT2D eigenvalue weighted by molar-refractivity contribution is 5.84. The maximum absolute atomic E-state index is 12.7. The van der Waals surface area contributed by atoms with Crippen molar-refractivity contribution in [1.82, 2.24) is 4.90 Å². The first-order valence-electron chi connectivity index (χ1n) is 7.72. The van der Waals surface area contributed by atoms with E-state index in [0.29, 0.717) is 25.9 Å². The van der Waals surface area contributed by atoms with E-state index < -0.39 is 5.97 Å². The molecule has 5 heteroatoms. The fourth-order valence-electron chi connectivity index (χ4n) is 2.96. The molecule has 1 unspecified atom stereocenters. The summed E-state index contributed by atoms with van der Waals surface area (Å²) in [6, 6.07) is 7.58. The summed E-state index contributed by atoms with van der Waals surface area (Å²) < 4.78 is 5.14. The van der Waals surface area contributed by atoms with E-state index in [2.05, 4.69) is 0 Å². The Bertz CT molecular complexity index is 518. The average molecular weight is 305 g/mol. The lowest BCUT2D eigenvalue weighted by Crippen LogP contribution is -2.42. The van der Waals surface area contributed by atoms with Crippen LogP contribution >= 0.6 is 0 Å². The van der Waals surface area contributed by atoms with Gasteiger partial charge in [-0.2, -0.15) is 0 Å². The van der Waals surface area contributed by atoms with Crippen LogP contribution in [0.1, 0.15) is 37.7 Å². The number of carboxylic acid groups (broad SMARTS) is 1. The first kappa shape index (κ1) is 16.3. The molecule has 2 rings (SSSR count). The predicted octanol–water partition coefficient (Wildman–Crippen LogP) is 2.51. The van der Waals surface area contributed by atoms with Crippen LogP contribution in [0.15, 0.2) is 24.3 Å². The smallest absolute Gasteiger partial charge is 0.306 e. The third kappa shape index (κ3) is 3.59. The van der Waals surface area contributed by atoms with Crippen LogP contribution in [0, 0.1) is 5.92 Å². The Morgan fingerprint density at radius 2 is 1.86 bits per heavy atom. The Balaban J connectivity index is 2.04. The average Bonchev–Trinajstić information content (AvgIpc) is 2.56. The van der Waals surface area contributed by atoms with Crippen molar-refractivity contribution in [1.29, 1.82) is 0 Å². The summed E-state index contributed by atoms with van der Waals surface area (Å²) in [5, 5.41) is 9.03. The second-order valence-corrected chi connectivity index (χ2v) is 5.67. The molecular weight excluding hydrogens is 282 g/mol. The zero-order valence-corrected chi connectivity index (χ0v) is 13.1. The first-order chi connectivity index (χ1) is 10.6. The summed E-state index contributed by atoms with van der Waals surface area (Å²) in [5.41, 5.74) is 0.980. The van der Waals surface area contributed by atoms with Crippen LogP contribution in [-0.4, -0.2) is 42.1 Å². The molecule has 0 spiro atoms. The van der Waals surface area contributed by atoms with Crippen molar-refractivity contribution >= 4 is 11.9 Å². The van der Waals surface area contributed by atoms with Gasteiger partial charge in [0.2, 0.25) is 5.91 Å². The Kier molecular flexibility index (Phi) is 5.41. The van der Waals surface area contributed by atoms with E-state index in [1.54, 1.807) is 12.0 Å². The van der Waals surface area contributed by atoms with E-state index in [-0.39, 0.29) is 17.7 Å². The number of nitrogens with zero attached hydrogens (tertiary/aromatic N) is 1. The largest absolute Gasteiger partial charge is 0.497 e. The molecule has 1 aromatic carbocycles. The van der Waals surface area contributed by atoms with E-state index >= 15 is 0 Å². The van der Waals surface area contributed by atoms with Crippen LogP contribution in [0.3, 0.4) is 0 Å². The number of ether oxygens (including phenoxy) is 1. The van der Waals surface area contributed by atoms with Crippen molar-refractivity contribution in [2.24, 2.45) is 5.92 Å². The molecule has 120 valence electrons. The number of methoxy groups -OCH3 is 1.